The molecule has 0 heterocycles. The molecule has 0 aromatic heterocycles. The second-order valence-electron chi connectivity index (χ2n) is 5.69. The molecule has 0 aromatic rings. The molecule has 1 N–H and O–H groups in total. The Hall–Kier alpha value is 1.27. The van der Waals surface area contributed by atoms with E-state index >= 15 is 0 Å². The Morgan fingerprint density at radius 3 is 1.74 bits per heavy atom. The molecule has 110 valence electrons. The predicted molar refractivity (Wildman–Crippen MR) is 79.1 cm³/mol. The molecule has 19 heavy (non-hydrogen) atoms. The third kappa shape index (κ3) is 21.7. The van der Waals surface area contributed by atoms with Crippen LogP contribution in [-0.4, -0.2) is 18.0 Å². The topological polar surface area (TPSA) is 37.3 Å². The Balaban J connectivity index is -0.000000205. The van der Waals surface area contributed by atoms with Crippen molar-refractivity contribution in [3.8, 4) is 0 Å². The number of carbonyl (C=O) groups excluding carboxylic acids is 1. The van der Waals surface area contributed by atoms with Crippen molar-refractivity contribution in [2.45, 2.75) is 73.1 Å². The van der Waals surface area contributed by atoms with Crippen molar-refractivity contribution < 1.29 is 61.3 Å². The minimum absolute atomic E-state index is 0. The number of rotatable bonds is 3. The SMILES string of the molecule is CC(C)([C-]=O)CO.CC1CC[CH-]CC1.CCCC.[K+]. The van der Waals surface area contributed by atoms with Gasteiger partial charge in [-0.3, -0.25) is 6.29 Å². The summed E-state index contributed by atoms with van der Waals surface area (Å²) in [6.45, 7) is 9.82. The molecule has 0 atom stereocenters. The van der Waals surface area contributed by atoms with Crippen LogP contribution in [0.3, 0.4) is 0 Å². The van der Waals surface area contributed by atoms with Gasteiger partial charge in [0.2, 0.25) is 0 Å². The third-order valence-electron chi connectivity index (χ3n) is 2.90. The zero-order valence-corrected chi connectivity index (χ0v) is 17.1. The van der Waals surface area contributed by atoms with Crippen LogP contribution in [-0.2, 0) is 4.79 Å². The van der Waals surface area contributed by atoms with Crippen molar-refractivity contribution in [2.75, 3.05) is 6.61 Å². The largest absolute Gasteiger partial charge is 1.00 e. The van der Waals surface area contributed by atoms with E-state index in [-0.39, 0.29) is 58.0 Å². The van der Waals surface area contributed by atoms with Crippen molar-refractivity contribution in [3.05, 3.63) is 6.42 Å². The van der Waals surface area contributed by atoms with Crippen LogP contribution in [0.2, 0.25) is 0 Å². The summed E-state index contributed by atoms with van der Waals surface area (Å²) in [4.78, 5) is 9.77. The number of hydrogen-bond acceptors (Lipinski definition) is 2. The summed E-state index contributed by atoms with van der Waals surface area (Å²) in [5, 5.41) is 8.33. The third-order valence-corrected chi connectivity index (χ3v) is 2.90. The van der Waals surface area contributed by atoms with Crippen LogP contribution in [0.25, 0.3) is 0 Å². The minimum Gasteiger partial charge on any atom is -0.541 e. The second-order valence-corrected chi connectivity index (χ2v) is 5.69. The van der Waals surface area contributed by atoms with Crippen molar-refractivity contribution in [2.24, 2.45) is 11.3 Å². The molecule has 0 aliphatic heterocycles. The molecule has 0 unspecified atom stereocenters. The average molecular weight is 296 g/mol. The van der Waals surface area contributed by atoms with E-state index in [9.17, 15) is 4.79 Å². The van der Waals surface area contributed by atoms with Gasteiger partial charge in [-0.25, -0.2) is 0 Å². The maximum absolute atomic E-state index is 9.77. The van der Waals surface area contributed by atoms with Crippen molar-refractivity contribution >= 4 is 6.29 Å². The Labute approximate surface area is 163 Å². The molecule has 1 saturated carbocycles. The van der Waals surface area contributed by atoms with Crippen LogP contribution in [0.5, 0.6) is 0 Å². The quantitative estimate of drug-likeness (QED) is 0.630. The molecule has 1 rings (SSSR count). The summed E-state index contributed by atoms with van der Waals surface area (Å²) < 4.78 is 0. The fraction of sp³-hybridized carbons (Fsp3) is 0.875. The summed E-state index contributed by atoms with van der Waals surface area (Å²) in [6.07, 6.45) is 12.3. The number of hydrogen-bond donors (Lipinski definition) is 1. The molecular formula is C16H32KO2-. The Morgan fingerprint density at radius 1 is 1.21 bits per heavy atom. The van der Waals surface area contributed by atoms with Crippen LogP contribution in [0.4, 0.5) is 0 Å². The van der Waals surface area contributed by atoms with Gasteiger partial charge in [-0.05, 0) is 5.92 Å². The first-order valence-electron chi connectivity index (χ1n) is 7.25. The number of unbranched alkanes of at least 4 members (excludes halogenated alkanes) is 1. The summed E-state index contributed by atoms with van der Waals surface area (Å²) in [6, 6.07) is 0. The smallest absolute Gasteiger partial charge is 0.541 e. The van der Waals surface area contributed by atoms with Crippen LogP contribution in [0.1, 0.15) is 73.1 Å². The van der Waals surface area contributed by atoms with Gasteiger partial charge in [0, 0.05) is 6.61 Å². The fourth-order valence-corrected chi connectivity index (χ4v) is 1.13. The second kappa shape index (κ2) is 17.3. The Morgan fingerprint density at radius 2 is 1.63 bits per heavy atom. The molecule has 3 heteroatoms. The van der Waals surface area contributed by atoms with Gasteiger partial charge in [0.15, 0.2) is 0 Å². The van der Waals surface area contributed by atoms with Crippen LogP contribution in [0, 0.1) is 17.8 Å². The first-order chi connectivity index (χ1) is 8.43. The summed E-state index contributed by atoms with van der Waals surface area (Å²) in [7, 11) is 0. The molecule has 0 saturated heterocycles. The molecule has 1 aliphatic carbocycles. The van der Waals surface area contributed by atoms with Crippen LogP contribution >= 0.6 is 0 Å². The maximum Gasteiger partial charge on any atom is 1.00 e. The molecule has 0 radical (unpaired) electrons. The van der Waals surface area contributed by atoms with Crippen molar-refractivity contribution in [1.82, 2.24) is 0 Å². The van der Waals surface area contributed by atoms with E-state index in [0.717, 1.165) is 5.92 Å². The van der Waals surface area contributed by atoms with E-state index in [0.29, 0.717) is 0 Å². The van der Waals surface area contributed by atoms with Gasteiger partial charge in [-0.2, -0.15) is 12.8 Å². The fourth-order valence-electron chi connectivity index (χ4n) is 1.13. The molecule has 1 aliphatic rings. The maximum atomic E-state index is 9.77. The van der Waals surface area contributed by atoms with E-state index in [2.05, 4.69) is 27.2 Å². The van der Waals surface area contributed by atoms with Crippen LogP contribution in [0.15, 0.2) is 0 Å². The normalized spacial score (nSPS) is 15.1. The van der Waals surface area contributed by atoms with Gasteiger partial charge in [0.25, 0.3) is 0 Å². The van der Waals surface area contributed by atoms with Crippen molar-refractivity contribution in [3.63, 3.8) is 0 Å². The number of aliphatic hydroxyl groups excluding tert-OH is 1. The monoisotopic (exact) mass is 295 g/mol. The average Bonchev–Trinajstić information content (AvgIpc) is 2.40. The summed E-state index contributed by atoms with van der Waals surface area (Å²) in [5.74, 6) is 1.00. The minimum atomic E-state index is -0.667. The first-order valence-corrected chi connectivity index (χ1v) is 7.25. The Kier molecular flexibility index (Phi) is 23.0. The summed E-state index contributed by atoms with van der Waals surface area (Å²) >= 11 is 0. The van der Waals surface area contributed by atoms with E-state index in [4.69, 9.17) is 5.11 Å². The van der Waals surface area contributed by atoms with Crippen LogP contribution < -0.4 is 51.4 Å². The molecule has 0 bridgehead atoms. The molecule has 0 spiro atoms. The zero-order valence-electron chi connectivity index (χ0n) is 14.0. The van der Waals surface area contributed by atoms with E-state index in [1.54, 1.807) is 20.1 Å². The van der Waals surface area contributed by atoms with Crippen molar-refractivity contribution in [1.29, 1.82) is 0 Å². The van der Waals surface area contributed by atoms with Gasteiger partial charge in [0.05, 0.1) is 0 Å². The van der Waals surface area contributed by atoms with E-state index in [1.165, 1.54) is 38.5 Å². The van der Waals surface area contributed by atoms with E-state index < -0.39 is 5.41 Å². The van der Waals surface area contributed by atoms with Gasteiger partial charge >= 0.3 is 51.4 Å². The van der Waals surface area contributed by atoms with Gasteiger partial charge in [0.1, 0.15) is 0 Å². The molecule has 0 amide bonds. The Bertz CT molecular complexity index is 174. The molecule has 0 aromatic carbocycles. The standard InChI is InChI=1S/C7H13.C5H9O2.C4H10.K/c1-7-5-3-2-4-6-7;1-5(2,3-6)4-7;1-3-4-2;/h2,7H,3-6H2,1H3;6H,3H2,1-2H3;3-4H2,1-2H3;/q2*-1;;+1. The van der Waals surface area contributed by atoms with Gasteiger partial charge in [-0.15, -0.1) is 5.41 Å². The summed E-state index contributed by atoms with van der Waals surface area (Å²) in [5.41, 5.74) is -0.667. The number of aliphatic hydroxyl groups is 1. The van der Waals surface area contributed by atoms with Gasteiger partial charge in [-0.1, -0.05) is 60.3 Å². The molecule has 1 fully saturated rings. The van der Waals surface area contributed by atoms with Gasteiger partial charge < -0.3 is 16.3 Å². The first kappa shape index (κ1) is 25.2. The zero-order chi connectivity index (χ0) is 14.4. The predicted octanol–water partition coefficient (Wildman–Crippen LogP) is 1.33. The molecular weight excluding hydrogens is 263 g/mol. The van der Waals surface area contributed by atoms with E-state index in [1.807, 2.05) is 0 Å². The molecule has 2 nitrogen and oxygen atoms in total.